The summed E-state index contributed by atoms with van der Waals surface area (Å²) in [7, 11) is 0. The molecule has 6 nitrogen and oxygen atoms in total. The molecule has 1 fully saturated rings. The number of carbonyl (C=O) groups is 1. The summed E-state index contributed by atoms with van der Waals surface area (Å²) in [5, 5.41) is 6.52. The fourth-order valence-corrected chi connectivity index (χ4v) is 3.37. The van der Waals surface area contributed by atoms with Crippen molar-refractivity contribution in [1.82, 2.24) is 15.5 Å². The van der Waals surface area contributed by atoms with Crippen LogP contribution in [0.15, 0.2) is 59.6 Å². The van der Waals surface area contributed by atoms with Crippen LogP contribution in [-0.2, 0) is 17.8 Å². The van der Waals surface area contributed by atoms with E-state index in [0.29, 0.717) is 12.6 Å². The summed E-state index contributed by atoms with van der Waals surface area (Å²) in [5.74, 6) is 1.66. The normalized spacial score (nSPS) is 13.9. The molecular formula is C24H32N4O2. The number of aliphatic imine (C=N–C) groups is 1. The third-order valence-corrected chi connectivity index (χ3v) is 5.05. The molecular weight excluding hydrogens is 376 g/mol. The number of hydrogen-bond acceptors (Lipinski definition) is 3. The molecule has 1 heterocycles. The first-order valence-corrected chi connectivity index (χ1v) is 10.8. The standard InChI is InChI=1S/C24H32N4O2/c1-2-25-24(27-18-23(29)28-16-6-7-17-28)26-15-14-20-10-12-22(13-11-20)30-19-21-8-4-3-5-9-21/h3-5,8-13H,2,6-7,14-19H2,1H3,(H2,25,26,27). The maximum Gasteiger partial charge on any atom is 0.244 e. The van der Waals surface area contributed by atoms with E-state index < -0.39 is 0 Å². The van der Waals surface area contributed by atoms with Crippen LogP contribution in [0, 0.1) is 0 Å². The van der Waals surface area contributed by atoms with Gasteiger partial charge in [-0.1, -0.05) is 42.5 Å². The number of nitrogens with one attached hydrogen (secondary N) is 2. The van der Waals surface area contributed by atoms with Crippen molar-refractivity contribution in [2.75, 3.05) is 32.7 Å². The highest BCUT2D eigenvalue weighted by Gasteiger charge is 2.17. The Balaban J connectivity index is 1.41. The lowest BCUT2D eigenvalue weighted by Crippen LogP contribution is -2.39. The molecule has 1 amide bonds. The zero-order valence-corrected chi connectivity index (χ0v) is 17.8. The largest absolute Gasteiger partial charge is 0.489 e. The van der Waals surface area contributed by atoms with Crippen LogP contribution in [0.5, 0.6) is 5.75 Å². The van der Waals surface area contributed by atoms with E-state index in [1.54, 1.807) is 0 Å². The lowest BCUT2D eigenvalue weighted by atomic mass is 10.1. The summed E-state index contributed by atoms with van der Waals surface area (Å²) in [6.07, 6.45) is 3.07. The second-order valence-corrected chi connectivity index (χ2v) is 7.38. The average molecular weight is 409 g/mol. The van der Waals surface area contributed by atoms with Crippen LogP contribution >= 0.6 is 0 Å². The van der Waals surface area contributed by atoms with Gasteiger partial charge >= 0.3 is 0 Å². The van der Waals surface area contributed by atoms with Crippen LogP contribution in [0.2, 0.25) is 0 Å². The van der Waals surface area contributed by atoms with Crippen molar-refractivity contribution >= 4 is 11.9 Å². The van der Waals surface area contributed by atoms with Crippen molar-refractivity contribution in [3.8, 4) is 5.75 Å². The van der Waals surface area contributed by atoms with Gasteiger partial charge in [0.05, 0.1) is 0 Å². The molecule has 0 bridgehead atoms. The van der Waals surface area contributed by atoms with Crippen molar-refractivity contribution in [1.29, 1.82) is 0 Å². The summed E-state index contributed by atoms with van der Waals surface area (Å²) in [6, 6.07) is 18.3. The minimum Gasteiger partial charge on any atom is -0.489 e. The van der Waals surface area contributed by atoms with Crippen LogP contribution in [0.3, 0.4) is 0 Å². The van der Waals surface area contributed by atoms with Crippen LogP contribution < -0.4 is 15.4 Å². The summed E-state index contributed by atoms with van der Waals surface area (Å²) in [4.78, 5) is 18.5. The first kappa shape index (κ1) is 21.7. The van der Waals surface area contributed by atoms with Crippen molar-refractivity contribution in [2.45, 2.75) is 32.8 Å². The number of rotatable bonds is 9. The van der Waals surface area contributed by atoms with E-state index in [-0.39, 0.29) is 12.5 Å². The Bertz CT molecular complexity index is 800. The molecule has 1 aliphatic rings. The van der Waals surface area contributed by atoms with Gasteiger partial charge in [-0.05, 0) is 49.4 Å². The minimum atomic E-state index is 0.107. The summed E-state index contributed by atoms with van der Waals surface area (Å²) >= 11 is 0. The van der Waals surface area contributed by atoms with Gasteiger partial charge < -0.3 is 20.3 Å². The second kappa shape index (κ2) is 11.9. The topological polar surface area (TPSA) is 66.0 Å². The van der Waals surface area contributed by atoms with E-state index in [0.717, 1.165) is 56.8 Å². The summed E-state index contributed by atoms with van der Waals surface area (Å²) < 4.78 is 5.84. The molecule has 160 valence electrons. The molecule has 0 unspecified atom stereocenters. The molecule has 2 aromatic rings. The predicted molar refractivity (Wildman–Crippen MR) is 121 cm³/mol. The third-order valence-electron chi connectivity index (χ3n) is 5.05. The Morgan fingerprint density at radius 2 is 1.73 bits per heavy atom. The van der Waals surface area contributed by atoms with E-state index in [4.69, 9.17) is 4.74 Å². The van der Waals surface area contributed by atoms with Crippen LogP contribution in [0.25, 0.3) is 0 Å². The molecule has 0 spiro atoms. The molecule has 3 rings (SSSR count). The van der Waals surface area contributed by atoms with Crippen molar-refractivity contribution in [2.24, 2.45) is 4.99 Å². The van der Waals surface area contributed by atoms with Crippen molar-refractivity contribution in [3.05, 3.63) is 65.7 Å². The first-order valence-electron chi connectivity index (χ1n) is 10.8. The quantitative estimate of drug-likeness (QED) is 0.495. The third kappa shape index (κ3) is 7.10. The molecule has 1 saturated heterocycles. The number of likely N-dealkylation sites (tertiary alicyclic amines) is 1. The van der Waals surface area contributed by atoms with E-state index in [9.17, 15) is 4.79 Å². The molecule has 0 radical (unpaired) electrons. The Hall–Kier alpha value is -3.02. The molecule has 0 aliphatic carbocycles. The van der Waals surface area contributed by atoms with Crippen molar-refractivity contribution < 1.29 is 9.53 Å². The number of carbonyl (C=O) groups excluding carboxylic acids is 1. The van der Waals surface area contributed by atoms with Gasteiger partial charge in [-0.15, -0.1) is 0 Å². The van der Waals surface area contributed by atoms with Gasteiger partial charge in [-0.2, -0.15) is 0 Å². The van der Waals surface area contributed by atoms with Gasteiger partial charge in [0.1, 0.15) is 18.9 Å². The van der Waals surface area contributed by atoms with E-state index in [2.05, 4.69) is 39.9 Å². The number of nitrogens with zero attached hydrogens (tertiary/aromatic N) is 2. The van der Waals surface area contributed by atoms with Crippen LogP contribution in [0.4, 0.5) is 0 Å². The fraction of sp³-hybridized carbons (Fsp3) is 0.417. The molecule has 2 N–H and O–H groups in total. The Morgan fingerprint density at radius 3 is 2.43 bits per heavy atom. The zero-order valence-electron chi connectivity index (χ0n) is 17.8. The Labute approximate surface area is 179 Å². The zero-order chi connectivity index (χ0) is 21.0. The highest BCUT2D eigenvalue weighted by Crippen LogP contribution is 2.14. The van der Waals surface area contributed by atoms with Gasteiger partial charge in [0, 0.05) is 26.2 Å². The number of benzene rings is 2. The number of hydrogen-bond donors (Lipinski definition) is 2. The van der Waals surface area contributed by atoms with Gasteiger partial charge in [0.15, 0.2) is 5.96 Å². The fourth-order valence-electron chi connectivity index (χ4n) is 3.37. The molecule has 2 aromatic carbocycles. The second-order valence-electron chi connectivity index (χ2n) is 7.38. The highest BCUT2D eigenvalue weighted by atomic mass is 16.5. The molecule has 1 aliphatic heterocycles. The molecule has 0 saturated carbocycles. The van der Waals surface area contributed by atoms with Gasteiger partial charge in [0.25, 0.3) is 0 Å². The van der Waals surface area contributed by atoms with E-state index in [1.807, 2.05) is 42.2 Å². The van der Waals surface area contributed by atoms with Crippen molar-refractivity contribution in [3.63, 3.8) is 0 Å². The Morgan fingerprint density at radius 1 is 1.00 bits per heavy atom. The maximum atomic E-state index is 12.2. The molecule has 0 aromatic heterocycles. The van der Waals surface area contributed by atoms with E-state index >= 15 is 0 Å². The molecule has 30 heavy (non-hydrogen) atoms. The SMILES string of the molecule is CCNC(=NCC(=O)N1CCCC1)NCCc1ccc(OCc2ccccc2)cc1. The average Bonchev–Trinajstić information content (AvgIpc) is 3.32. The monoisotopic (exact) mass is 408 g/mol. The number of guanidine groups is 1. The lowest BCUT2D eigenvalue weighted by molar-refractivity contribution is -0.128. The Kier molecular flexibility index (Phi) is 8.57. The minimum absolute atomic E-state index is 0.107. The predicted octanol–water partition coefficient (Wildman–Crippen LogP) is 2.99. The van der Waals surface area contributed by atoms with Gasteiger partial charge in [-0.25, -0.2) is 4.99 Å². The highest BCUT2D eigenvalue weighted by molar-refractivity contribution is 5.85. The lowest BCUT2D eigenvalue weighted by Gasteiger charge is -2.15. The smallest absolute Gasteiger partial charge is 0.244 e. The van der Waals surface area contributed by atoms with Crippen LogP contribution in [0.1, 0.15) is 30.9 Å². The first-order chi connectivity index (χ1) is 14.7. The van der Waals surface area contributed by atoms with Crippen LogP contribution in [-0.4, -0.2) is 49.5 Å². The number of ether oxygens (including phenoxy) is 1. The summed E-state index contributed by atoms with van der Waals surface area (Å²) in [6.45, 7) is 6.02. The maximum absolute atomic E-state index is 12.2. The summed E-state index contributed by atoms with van der Waals surface area (Å²) in [5.41, 5.74) is 2.38. The van der Waals surface area contributed by atoms with Gasteiger partial charge in [0.2, 0.25) is 5.91 Å². The molecule has 6 heteroatoms. The van der Waals surface area contributed by atoms with Gasteiger partial charge in [-0.3, -0.25) is 4.79 Å². The molecule has 0 atom stereocenters. The van der Waals surface area contributed by atoms with E-state index in [1.165, 1.54) is 5.56 Å². The number of amides is 1.